The standard InChI is InChI=1S/C19H17BrClFN2O4S/c20-13-1-4-18-12(9-13)11-28-19(25)24(18)14-5-7-23(8-6-14)29(26,27)15-2-3-17(22)16(21)10-15/h1-4,9-10,14H,5-8,11H2. The van der Waals surface area contributed by atoms with Crippen LogP contribution in [0.15, 0.2) is 45.8 Å². The number of amides is 1. The zero-order valence-electron chi connectivity index (χ0n) is 15.1. The van der Waals surface area contributed by atoms with E-state index in [2.05, 4.69) is 15.9 Å². The third kappa shape index (κ3) is 3.88. The minimum Gasteiger partial charge on any atom is -0.444 e. The molecule has 4 rings (SSSR count). The summed E-state index contributed by atoms with van der Waals surface area (Å²) in [5.41, 5.74) is 1.69. The number of ether oxygens (including phenoxy) is 1. The number of fused-ring (bicyclic) bond motifs is 1. The Bertz CT molecular complexity index is 1070. The van der Waals surface area contributed by atoms with Gasteiger partial charge >= 0.3 is 6.09 Å². The molecule has 0 N–H and O–H groups in total. The largest absolute Gasteiger partial charge is 0.444 e. The van der Waals surface area contributed by atoms with Crippen molar-refractivity contribution >= 4 is 49.3 Å². The summed E-state index contributed by atoms with van der Waals surface area (Å²) >= 11 is 9.16. The van der Waals surface area contributed by atoms with Gasteiger partial charge in [0.2, 0.25) is 10.0 Å². The Morgan fingerprint density at radius 2 is 1.86 bits per heavy atom. The summed E-state index contributed by atoms with van der Waals surface area (Å²) in [5.74, 6) is -0.668. The van der Waals surface area contributed by atoms with Crippen LogP contribution in [0, 0.1) is 5.82 Å². The van der Waals surface area contributed by atoms with Crippen LogP contribution in [0.2, 0.25) is 5.02 Å². The highest BCUT2D eigenvalue weighted by Crippen LogP contribution is 2.34. The first-order valence-corrected chi connectivity index (χ1v) is 11.6. The number of rotatable bonds is 3. The van der Waals surface area contributed by atoms with E-state index in [1.807, 2.05) is 18.2 Å². The number of piperidine rings is 1. The molecule has 0 atom stereocenters. The lowest BCUT2D eigenvalue weighted by molar-refractivity contribution is 0.135. The summed E-state index contributed by atoms with van der Waals surface area (Å²) in [6.07, 6.45) is 0.490. The molecule has 1 saturated heterocycles. The Morgan fingerprint density at radius 1 is 1.14 bits per heavy atom. The van der Waals surface area contributed by atoms with Crippen molar-refractivity contribution < 1.29 is 22.3 Å². The van der Waals surface area contributed by atoms with E-state index in [9.17, 15) is 17.6 Å². The van der Waals surface area contributed by atoms with Gasteiger partial charge in [-0.3, -0.25) is 4.90 Å². The maximum Gasteiger partial charge on any atom is 0.414 e. The van der Waals surface area contributed by atoms with Crippen molar-refractivity contribution in [2.75, 3.05) is 18.0 Å². The third-order valence-electron chi connectivity index (χ3n) is 5.17. The average Bonchev–Trinajstić information content (AvgIpc) is 2.70. The van der Waals surface area contributed by atoms with Gasteiger partial charge in [-0.2, -0.15) is 4.31 Å². The van der Waals surface area contributed by atoms with Crippen LogP contribution in [-0.4, -0.2) is 37.9 Å². The molecule has 2 aromatic carbocycles. The fraction of sp³-hybridized carbons (Fsp3) is 0.316. The van der Waals surface area contributed by atoms with E-state index in [0.717, 1.165) is 27.9 Å². The first kappa shape index (κ1) is 20.6. The number of cyclic esters (lactones) is 1. The van der Waals surface area contributed by atoms with Gasteiger partial charge in [-0.25, -0.2) is 17.6 Å². The van der Waals surface area contributed by atoms with Crippen LogP contribution in [0.3, 0.4) is 0 Å². The Balaban J connectivity index is 1.52. The molecule has 2 heterocycles. The van der Waals surface area contributed by atoms with Crippen molar-refractivity contribution in [3.05, 3.63) is 57.3 Å². The predicted octanol–water partition coefficient (Wildman–Crippen LogP) is 4.55. The molecule has 0 radical (unpaired) electrons. The molecule has 1 fully saturated rings. The number of sulfonamides is 1. The number of carbonyl (C=O) groups excluding carboxylic acids is 1. The number of carbonyl (C=O) groups is 1. The van der Waals surface area contributed by atoms with Gasteiger partial charge in [0, 0.05) is 29.2 Å². The van der Waals surface area contributed by atoms with E-state index >= 15 is 0 Å². The highest BCUT2D eigenvalue weighted by molar-refractivity contribution is 9.10. The van der Waals surface area contributed by atoms with Crippen LogP contribution in [0.5, 0.6) is 0 Å². The van der Waals surface area contributed by atoms with E-state index < -0.39 is 21.9 Å². The summed E-state index contributed by atoms with van der Waals surface area (Å²) in [7, 11) is -3.79. The lowest BCUT2D eigenvalue weighted by Gasteiger charge is -2.39. The molecular weight excluding hydrogens is 487 g/mol. The van der Waals surface area contributed by atoms with Crippen LogP contribution in [0.4, 0.5) is 14.9 Å². The predicted molar refractivity (Wildman–Crippen MR) is 110 cm³/mol. The summed E-state index contributed by atoms with van der Waals surface area (Å²) in [4.78, 5) is 14.0. The number of hydrogen-bond acceptors (Lipinski definition) is 4. The highest BCUT2D eigenvalue weighted by Gasteiger charge is 2.37. The summed E-state index contributed by atoms with van der Waals surface area (Å²) in [6, 6.07) is 8.83. The minimum atomic E-state index is -3.79. The van der Waals surface area contributed by atoms with E-state index in [1.54, 1.807) is 4.90 Å². The maximum absolute atomic E-state index is 13.4. The molecule has 0 bridgehead atoms. The van der Waals surface area contributed by atoms with E-state index in [1.165, 1.54) is 10.4 Å². The molecular formula is C19H17BrClFN2O4S. The Kier molecular flexibility index (Phi) is 5.58. The van der Waals surface area contributed by atoms with Gasteiger partial charge in [-0.15, -0.1) is 0 Å². The van der Waals surface area contributed by atoms with Gasteiger partial charge in [-0.1, -0.05) is 27.5 Å². The lowest BCUT2D eigenvalue weighted by Crippen LogP contribution is -2.50. The molecule has 29 heavy (non-hydrogen) atoms. The fourth-order valence-electron chi connectivity index (χ4n) is 3.68. The van der Waals surface area contributed by atoms with Gasteiger partial charge in [0.15, 0.2) is 0 Å². The zero-order chi connectivity index (χ0) is 20.8. The summed E-state index contributed by atoms with van der Waals surface area (Å²) in [5, 5.41) is -0.236. The molecule has 0 aliphatic carbocycles. The van der Waals surface area contributed by atoms with Gasteiger partial charge < -0.3 is 4.74 Å². The first-order valence-electron chi connectivity index (χ1n) is 8.97. The van der Waals surface area contributed by atoms with Crippen molar-refractivity contribution in [1.82, 2.24) is 4.31 Å². The van der Waals surface area contributed by atoms with Crippen molar-refractivity contribution in [2.24, 2.45) is 0 Å². The second-order valence-corrected chi connectivity index (χ2v) is 10.2. The molecule has 154 valence electrons. The second-order valence-electron chi connectivity index (χ2n) is 6.91. The van der Waals surface area contributed by atoms with Crippen LogP contribution in [0.25, 0.3) is 0 Å². The minimum absolute atomic E-state index is 0.0464. The van der Waals surface area contributed by atoms with Crippen molar-refractivity contribution in [3.8, 4) is 0 Å². The molecule has 0 saturated carbocycles. The summed E-state index contributed by atoms with van der Waals surface area (Å²) in [6.45, 7) is 0.679. The number of nitrogens with zero attached hydrogens (tertiary/aromatic N) is 2. The van der Waals surface area contributed by atoms with Gasteiger partial charge in [0.05, 0.1) is 15.6 Å². The van der Waals surface area contributed by atoms with Crippen LogP contribution in [-0.2, 0) is 21.4 Å². The monoisotopic (exact) mass is 502 g/mol. The Hall–Kier alpha value is -1.68. The van der Waals surface area contributed by atoms with Crippen LogP contribution in [0.1, 0.15) is 18.4 Å². The molecule has 0 unspecified atom stereocenters. The summed E-state index contributed by atoms with van der Waals surface area (Å²) < 4.78 is 46.6. The average molecular weight is 504 g/mol. The molecule has 0 aromatic heterocycles. The van der Waals surface area contributed by atoms with Crippen LogP contribution >= 0.6 is 27.5 Å². The fourth-order valence-corrected chi connectivity index (χ4v) is 5.84. The van der Waals surface area contributed by atoms with E-state index in [0.29, 0.717) is 12.8 Å². The van der Waals surface area contributed by atoms with E-state index in [-0.39, 0.29) is 35.7 Å². The number of benzene rings is 2. The van der Waals surface area contributed by atoms with Crippen molar-refractivity contribution in [2.45, 2.75) is 30.4 Å². The molecule has 2 aliphatic rings. The topological polar surface area (TPSA) is 66.9 Å². The number of halogens is 3. The second kappa shape index (κ2) is 7.86. The molecule has 2 aromatic rings. The Labute approximate surface area is 181 Å². The normalized spacial score (nSPS) is 18.4. The molecule has 6 nitrogen and oxygen atoms in total. The van der Waals surface area contributed by atoms with Gasteiger partial charge in [0.1, 0.15) is 12.4 Å². The first-order chi connectivity index (χ1) is 13.8. The van der Waals surface area contributed by atoms with Gasteiger partial charge in [0.25, 0.3) is 0 Å². The van der Waals surface area contributed by atoms with Crippen molar-refractivity contribution in [1.29, 1.82) is 0 Å². The third-order valence-corrected chi connectivity index (χ3v) is 7.84. The highest BCUT2D eigenvalue weighted by atomic mass is 79.9. The van der Waals surface area contributed by atoms with Gasteiger partial charge in [-0.05, 0) is 49.2 Å². The quantitative estimate of drug-likeness (QED) is 0.616. The molecule has 2 aliphatic heterocycles. The smallest absolute Gasteiger partial charge is 0.414 e. The molecule has 0 spiro atoms. The van der Waals surface area contributed by atoms with Crippen molar-refractivity contribution in [3.63, 3.8) is 0 Å². The lowest BCUT2D eigenvalue weighted by atomic mass is 10.0. The SMILES string of the molecule is O=C1OCc2cc(Br)ccc2N1C1CCN(S(=O)(=O)c2ccc(F)c(Cl)c2)CC1. The Morgan fingerprint density at radius 3 is 2.55 bits per heavy atom. The van der Waals surface area contributed by atoms with E-state index in [4.69, 9.17) is 16.3 Å². The number of anilines is 1. The zero-order valence-corrected chi connectivity index (χ0v) is 18.3. The maximum atomic E-state index is 13.4. The van der Waals surface area contributed by atoms with Crippen LogP contribution < -0.4 is 4.90 Å². The molecule has 1 amide bonds. The number of hydrogen-bond donors (Lipinski definition) is 0. The molecule has 10 heteroatoms.